The molecule has 1 aliphatic heterocycles. The van der Waals surface area contributed by atoms with E-state index in [-0.39, 0.29) is 19.2 Å². The number of carbonyl (C=O) groups is 1. The molecule has 0 aromatic carbocycles. The summed E-state index contributed by atoms with van der Waals surface area (Å²) in [5.41, 5.74) is 0. The van der Waals surface area contributed by atoms with Gasteiger partial charge in [0.1, 0.15) is 30.5 Å². The quantitative estimate of drug-likeness (QED) is 0.0269. The van der Waals surface area contributed by atoms with Gasteiger partial charge in [0, 0.05) is 13.0 Å². The number of unbranched alkanes of at least 4 members (excludes halogenated alkanes) is 28. The van der Waals surface area contributed by atoms with Gasteiger partial charge in [-0.05, 0) is 57.8 Å². The maximum Gasteiger partial charge on any atom is 0.306 e. The van der Waals surface area contributed by atoms with Crippen molar-refractivity contribution >= 4 is 5.97 Å². The first kappa shape index (κ1) is 55.7. The fourth-order valence-corrected chi connectivity index (χ4v) is 7.67. The van der Waals surface area contributed by atoms with E-state index in [9.17, 15) is 25.2 Å². The summed E-state index contributed by atoms with van der Waals surface area (Å²) in [5.74, 6) is -0.314. The summed E-state index contributed by atoms with van der Waals surface area (Å²) in [7, 11) is 0. The van der Waals surface area contributed by atoms with Gasteiger partial charge >= 0.3 is 5.97 Å². The SMILES string of the molecule is CCC/C=C\CCCCCCCCOCC(COC1OC(CO)C(O)C(O)C1O)OC(=O)CCCCCCCCCCCCCCC/C=C\CCCCCCCCCC. The monoisotopic (exact) mass is 839 g/mol. The Bertz CT molecular complexity index is 957. The lowest BCUT2D eigenvalue weighted by molar-refractivity contribution is -0.305. The standard InChI is InChI=1S/C50H94O9/c1-3-5-7-9-11-13-15-16-17-18-19-20-21-22-23-24-25-26-27-28-29-31-33-35-37-39-46(52)58-44(43-57-50-49(55)48(54)47(53)45(41-51)59-50)42-56-40-38-36-34-32-30-14-12-10-8-6-4-2/h8,10,18-19,44-45,47-51,53-55H,3-7,9,11-17,20-43H2,1-2H3/b10-8-,19-18-. The number of carbonyl (C=O) groups excluding carboxylic acids is 1. The van der Waals surface area contributed by atoms with Gasteiger partial charge < -0.3 is 39.4 Å². The first-order valence-electron chi connectivity index (χ1n) is 24.9. The molecule has 59 heavy (non-hydrogen) atoms. The number of esters is 1. The smallest absolute Gasteiger partial charge is 0.306 e. The fraction of sp³-hybridized carbons (Fsp3) is 0.900. The Hall–Kier alpha value is -1.33. The third-order valence-corrected chi connectivity index (χ3v) is 11.6. The van der Waals surface area contributed by atoms with E-state index in [1.807, 2.05) is 0 Å². The van der Waals surface area contributed by atoms with Gasteiger partial charge in [-0.3, -0.25) is 4.79 Å². The molecule has 0 saturated carbocycles. The topological polar surface area (TPSA) is 135 Å². The van der Waals surface area contributed by atoms with E-state index in [0.29, 0.717) is 13.0 Å². The molecule has 9 heteroatoms. The highest BCUT2D eigenvalue weighted by molar-refractivity contribution is 5.69. The highest BCUT2D eigenvalue weighted by atomic mass is 16.7. The summed E-state index contributed by atoms with van der Waals surface area (Å²) in [4.78, 5) is 12.8. The lowest BCUT2D eigenvalue weighted by Gasteiger charge is -2.39. The minimum Gasteiger partial charge on any atom is -0.457 e. The molecule has 6 atom stereocenters. The summed E-state index contributed by atoms with van der Waals surface area (Å²) in [6, 6.07) is 0. The fourth-order valence-electron chi connectivity index (χ4n) is 7.67. The average molecular weight is 839 g/mol. The number of allylic oxidation sites excluding steroid dienone is 4. The van der Waals surface area contributed by atoms with Crippen molar-refractivity contribution < 1.29 is 44.2 Å². The average Bonchev–Trinajstić information content (AvgIpc) is 3.24. The minimum atomic E-state index is -1.53. The molecular formula is C50H94O9. The molecule has 1 aliphatic rings. The number of hydrogen-bond acceptors (Lipinski definition) is 9. The molecule has 1 heterocycles. The number of ether oxygens (including phenoxy) is 4. The number of aliphatic hydroxyl groups excluding tert-OH is 4. The van der Waals surface area contributed by atoms with Crippen molar-refractivity contribution in [1.82, 2.24) is 0 Å². The van der Waals surface area contributed by atoms with E-state index < -0.39 is 43.4 Å². The van der Waals surface area contributed by atoms with Crippen LogP contribution < -0.4 is 0 Å². The molecule has 1 saturated heterocycles. The molecule has 1 fully saturated rings. The van der Waals surface area contributed by atoms with Gasteiger partial charge in [-0.25, -0.2) is 0 Å². The van der Waals surface area contributed by atoms with Crippen LogP contribution in [0.4, 0.5) is 0 Å². The molecule has 0 spiro atoms. The Morgan fingerprint density at radius 1 is 0.525 bits per heavy atom. The van der Waals surface area contributed by atoms with Crippen molar-refractivity contribution in [3.05, 3.63) is 24.3 Å². The van der Waals surface area contributed by atoms with Crippen LogP contribution in [0.15, 0.2) is 24.3 Å². The van der Waals surface area contributed by atoms with Crippen molar-refractivity contribution in [2.45, 2.75) is 263 Å². The first-order chi connectivity index (χ1) is 28.9. The Morgan fingerprint density at radius 2 is 0.966 bits per heavy atom. The molecule has 0 radical (unpaired) electrons. The second-order valence-corrected chi connectivity index (χ2v) is 17.3. The molecule has 0 aromatic heterocycles. The third kappa shape index (κ3) is 33.0. The predicted octanol–water partition coefficient (Wildman–Crippen LogP) is 11.8. The first-order valence-corrected chi connectivity index (χ1v) is 24.9. The Kier molecular flexibility index (Phi) is 39.6. The molecule has 9 nitrogen and oxygen atoms in total. The second kappa shape index (κ2) is 42.0. The van der Waals surface area contributed by atoms with Gasteiger partial charge in [0.15, 0.2) is 6.29 Å². The van der Waals surface area contributed by atoms with E-state index in [4.69, 9.17) is 18.9 Å². The molecule has 4 N–H and O–H groups in total. The maximum absolute atomic E-state index is 12.8. The summed E-state index contributed by atoms with van der Waals surface area (Å²) in [6.07, 6.45) is 42.2. The second-order valence-electron chi connectivity index (χ2n) is 17.3. The highest BCUT2D eigenvalue weighted by Gasteiger charge is 2.44. The maximum atomic E-state index is 12.8. The highest BCUT2D eigenvalue weighted by Crippen LogP contribution is 2.23. The number of hydrogen-bond donors (Lipinski definition) is 4. The van der Waals surface area contributed by atoms with E-state index in [0.717, 1.165) is 38.5 Å². The Labute approximate surface area is 362 Å². The lowest BCUT2D eigenvalue weighted by atomic mass is 9.99. The number of rotatable bonds is 43. The van der Waals surface area contributed by atoms with Crippen LogP contribution in [0, 0.1) is 0 Å². The van der Waals surface area contributed by atoms with Crippen LogP contribution in [-0.4, -0.2) is 89.6 Å². The van der Waals surface area contributed by atoms with E-state index in [2.05, 4.69) is 38.2 Å². The van der Waals surface area contributed by atoms with Crippen LogP contribution in [0.5, 0.6) is 0 Å². The number of aliphatic hydroxyl groups is 4. The van der Waals surface area contributed by atoms with Crippen molar-refractivity contribution in [1.29, 1.82) is 0 Å². The van der Waals surface area contributed by atoms with Crippen LogP contribution in [0.1, 0.15) is 226 Å². The van der Waals surface area contributed by atoms with Gasteiger partial charge in [0.25, 0.3) is 0 Å². The molecule has 0 aromatic rings. The molecule has 0 amide bonds. The minimum absolute atomic E-state index is 0.113. The summed E-state index contributed by atoms with van der Waals surface area (Å²) >= 11 is 0. The van der Waals surface area contributed by atoms with Crippen molar-refractivity contribution in [2.24, 2.45) is 0 Å². The zero-order valence-electron chi connectivity index (χ0n) is 38.3. The zero-order valence-corrected chi connectivity index (χ0v) is 38.3. The van der Waals surface area contributed by atoms with Crippen LogP contribution in [-0.2, 0) is 23.7 Å². The molecule has 1 rings (SSSR count). The Balaban J connectivity index is 2.14. The van der Waals surface area contributed by atoms with Crippen LogP contribution in [0.25, 0.3) is 0 Å². The molecule has 0 aliphatic carbocycles. The van der Waals surface area contributed by atoms with E-state index >= 15 is 0 Å². The summed E-state index contributed by atoms with van der Waals surface area (Å²) in [6.45, 7) is 4.52. The van der Waals surface area contributed by atoms with Crippen LogP contribution in [0.3, 0.4) is 0 Å². The van der Waals surface area contributed by atoms with Gasteiger partial charge in [0.2, 0.25) is 0 Å². The summed E-state index contributed by atoms with van der Waals surface area (Å²) in [5, 5.41) is 40.1. The van der Waals surface area contributed by atoms with E-state index in [1.54, 1.807) is 0 Å². The zero-order chi connectivity index (χ0) is 42.9. The van der Waals surface area contributed by atoms with Gasteiger partial charge in [0.05, 0.1) is 19.8 Å². The molecule has 0 bridgehead atoms. The lowest BCUT2D eigenvalue weighted by Crippen LogP contribution is -2.59. The van der Waals surface area contributed by atoms with Gasteiger partial charge in [-0.2, -0.15) is 0 Å². The van der Waals surface area contributed by atoms with Crippen LogP contribution in [0.2, 0.25) is 0 Å². The largest absolute Gasteiger partial charge is 0.457 e. The normalized spacial score (nSPS) is 20.3. The van der Waals surface area contributed by atoms with Crippen molar-refractivity contribution in [3.63, 3.8) is 0 Å². The van der Waals surface area contributed by atoms with Crippen molar-refractivity contribution in [3.8, 4) is 0 Å². The molecule has 348 valence electrons. The van der Waals surface area contributed by atoms with Gasteiger partial charge in [-0.1, -0.05) is 186 Å². The summed E-state index contributed by atoms with van der Waals surface area (Å²) < 4.78 is 22.8. The molecule has 6 unspecified atom stereocenters. The predicted molar refractivity (Wildman–Crippen MR) is 242 cm³/mol. The Morgan fingerprint density at radius 3 is 1.44 bits per heavy atom. The van der Waals surface area contributed by atoms with Crippen molar-refractivity contribution in [2.75, 3.05) is 26.4 Å². The third-order valence-electron chi connectivity index (χ3n) is 11.6. The van der Waals surface area contributed by atoms with E-state index in [1.165, 1.54) is 167 Å². The van der Waals surface area contributed by atoms with Gasteiger partial charge in [-0.15, -0.1) is 0 Å². The molecular weight excluding hydrogens is 745 g/mol. The van der Waals surface area contributed by atoms with Crippen LogP contribution >= 0.6 is 0 Å².